The van der Waals surface area contributed by atoms with Gasteiger partial charge in [-0.3, -0.25) is 10.1 Å². The van der Waals surface area contributed by atoms with Crippen molar-refractivity contribution in [2.45, 2.75) is 13.3 Å². The first-order chi connectivity index (χ1) is 15.6. The van der Waals surface area contributed by atoms with E-state index in [-0.39, 0.29) is 11.6 Å². The number of aromatic amines is 1. The Morgan fingerprint density at radius 2 is 2.06 bits per heavy atom. The number of aryl methyl sites for hydroxylation is 1. The van der Waals surface area contributed by atoms with Gasteiger partial charge < -0.3 is 9.40 Å². The molecule has 2 N–H and O–H groups in total. The van der Waals surface area contributed by atoms with E-state index in [4.69, 9.17) is 4.42 Å². The first kappa shape index (κ1) is 19.4. The van der Waals surface area contributed by atoms with Crippen LogP contribution in [0.25, 0.3) is 33.4 Å². The summed E-state index contributed by atoms with van der Waals surface area (Å²) in [5.41, 5.74) is 6.56. The molecular weight excluding hydrogens is 410 g/mol. The van der Waals surface area contributed by atoms with Crippen molar-refractivity contribution in [2.75, 3.05) is 5.43 Å². The summed E-state index contributed by atoms with van der Waals surface area (Å²) in [6, 6.07) is 15.9. The maximum Gasteiger partial charge on any atom is 0.280 e. The fourth-order valence-corrected chi connectivity index (χ4v) is 3.45. The normalized spacial score (nSPS) is 11.5. The summed E-state index contributed by atoms with van der Waals surface area (Å²) in [5.74, 6) is 1.02. The molecule has 158 valence electrons. The zero-order valence-electron chi connectivity index (χ0n) is 16.9. The molecule has 5 aromatic rings. The van der Waals surface area contributed by atoms with Gasteiger partial charge in [0.15, 0.2) is 5.65 Å². The number of anilines is 1. The smallest absolute Gasteiger partial charge is 0.280 e. The van der Waals surface area contributed by atoms with Gasteiger partial charge in [0, 0.05) is 17.0 Å². The highest BCUT2D eigenvalue weighted by Crippen LogP contribution is 2.30. The number of benzene rings is 2. The van der Waals surface area contributed by atoms with Crippen LogP contribution in [0.15, 0.2) is 64.1 Å². The lowest BCUT2D eigenvalue weighted by molar-refractivity contribution is -0.384. The van der Waals surface area contributed by atoms with Crippen molar-refractivity contribution >= 4 is 39.9 Å². The molecule has 0 saturated heterocycles. The number of nitrogens with zero attached hydrogens (tertiary/aromatic N) is 5. The fraction of sp³-hybridized carbons (Fsp3) is 0.0909. The van der Waals surface area contributed by atoms with Crippen LogP contribution in [0.2, 0.25) is 0 Å². The third-order valence-corrected chi connectivity index (χ3v) is 5.04. The zero-order valence-corrected chi connectivity index (χ0v) is 16.9. The van der Waals surface area contributed by atoms with Gasteiger partial charge in [-0.15, -0.1) is 10.2 Å². The van der Waals surface area contributed by atoms with Crippen molar-refractivity contribution < 1.29 is 9.34 Å². The summed E-state index contributed by atoms with van der Waals surface area (Å²) in [7, 11) is 0. The van der Waals surface area contributed by atoms with Crippen LogP contribution in [0, 0.1) is 10.1 Å². The largest absolute Gasteiger partial charge is 0.455 e. The van der Waals surface area contributed by atoms with Gasteiger partial charge >= 0.3 is 0 Å². The predicted molar refractivity (Wildman–Crippen MR) is 121 cm³/mol. The van der Waals surface area contributed by atoms with Gasteiger partial charge in [0.1, 0.15) is 17.0 Å². The molecular formula is C22H17N7O3. The molecule has 0 aliphatic heterocycles. The fourth-order valence-electron chi connectivity index (χ4n) is 3.45. The number of hydrogen-bond donors (Lipinski definition) is 2. The second-order valence-electron chi connectivity index (χ2n) is 7.04. The molecule has 0 unspecified atom stereocenters. The van der Waals surface area contributed by atoms with E-state index in [0.29, 0.717) is 28.2 Å². The van der Waals surface area contributed by atoms with Crippen molar-refractivity contribution in [3.05, 3.63) is 76.0 Å². The molecule has 0 fully saturated rings. The van der Waals surface area contributed by atoms with E-state index in [1.54, 1.807) is 30.3 Å². The minimum absolute atomic E-state index is 0.0272. The standard InChI is InChI=1S/C22H17N7O3/c1-2-13-7-9-17-16(11-13)20-21(24-17)25-22(28-26-20)27-23-12-14-8-10-19(32-14)15-5-3-4-6-18(15)29(30)31/h3-12H,2H2,1H3,(H2,24,25,27,28). The molecule has 3 aromatic heterocycles. The first-order valence-electron chi connectivity index (χ1n) is 9.90. The van der Waals surface area contributed by atoms with Gasteiger partial charge in [-0.1, -0.05) is 25.1 Å². The van der Waals surface area contributed by atoms with Crippen molar-refractivity contribution in [3.63, 3.8) is 0 Å². The van der Waals surface area contributed by atoms with Crippen molar-refractivity contribution in [1.82, 2.24) is 20.2 Å². The van der Waals surface area contributed by atoms with Gasteiger partial charge in [-0.2, -0.15) is 10.1 Å². The predicted octanol–water partition coefficient (Wildman–Crippen LogP) is 4.68. The maximum absolute atomic E-state index is 11.2. The second-order valence-corrected chi connectivity index (χ2v) is 7.04. The molecule has 0 aliphatic rings. The highest BCUT2D eigenvalue weighted by molar-refractivity contribution is 6.03. The molecule has 0 spiro atoms. The Hall–Kier alpha value is -4.60. The van der Waals surface area contributed by atoms with Gasteiger partial charge in [0.05, 0.1) is 16.7 Å². The van der Waals surface area contributed by atoms with Crippen molar-refractivity contribution in [3.8, 4) is 11.3 Å². The van der Waals surface area contributed by atoms with E-state index in [1.807, 2.05) is 6.07 Å². The monoisotopic (exact) mass is 427 g/mol. The molecule has 0 atom stereocenters. The maximum atomic E-state index is 11.2. The third-order valence-electron chi connectivity index (χ3n) is 5.04. The van der Waals surface area contributed by atoms with Crippen molar-refractivity contribution in [2.24, 2.45) is 5.10 Å². The van der Waals surface area contributed by atoms with Gasteiger partial charge in [0.25, 0.3) is 11.6 Å². The molecule has 5 rings (SSSR count). The number of nitro groups is 1. The number of hydrogen-bond acceptors (Lipinski definition) is 8. The second kappa shape index (κ2) is 7.91. The molecule has 3 heterocycles. The molecule has 2 aromatic carbocycles. The van der Waals surface area contributed by atoms with E-state index in [1.165, 1.54) is 17.8 Å². The Balaban J connectivity index is 1.35. The number of nitro benzene ring substituents is 1. The van der Waals surface area contributed by atoms with Crippen LogP contribution >= 0.6 is 0 Å². The van der Waals surface area contributed by atoms with Gasteiger partial charge in [-0.25, -0.2) is 5.43 Å². The number of nitrogens with one attached hydrogen (secondary N) is 2. The molecule has 0 aliphatic carbocycles. The lowest BCUT2D eigenvalue weighted by Crippen LogP contribution is -1.98. The van der Waals surface area contributed by atoms with Crippen LogP contribution in [0.5, 0.6) is 0 Å². The molecule has 32 heavy (non-hydrogen) atoms. The molecule has 10 heteroatoms. The number of rotatable bonds is 6. The summed E-state index contributed by atoms with van der Waals surface area (Å²) in [6.45, 7) is 2.10. The van der Waals surface area contributed by atoms with Crippen LogP contribution in [-0.4, -0.2) is 31.3 Å². The number of para-hydroxylation sites is 1. The molecule has 10 nitrogen and oxygen atoms in total. The quantitative estimate of drug-likeness (QED) is 0.228. The van der Waals surface area contributed by atoms with Gasteiger partial charge in [0.2, 0.25) is 0 Å². The average Bonchev–Trinajstić information content (AvgIpc) is 3.42. The molecule has 0 amide bonds. The van der Waals surface area contributed by atoms with E-state index >= 15 is 0 Å². The van der Waals surface area contributed by atoms with E-state index < -0.39 is 4.92 Å². The van der Waals surface area contributed by atoms with Crippen LogP contribution in [0.1, 0.15) is 18.2 Å². The number of H-pyrrole nitrogens is 1. The highest BCUT2D eigenvalue weighted by Gasteiger charge is 2.17. The third kappa shape index (κ3) is 3.54. The van der Waals surface area contributed by atoms with E-state index in [0.717, 1.165) is 17.3 Å². The summed E-state index contributed by atoms with van der Waals surface area (Å²) in [5, 5.41) is 24.6. The number of hydrazone groups is 1. The minimum Gasteiger partial charge on any atom is -0.455 e. The lowest BCUT2D eigenvalue weighted by Gasteiger charge is -1.98. The molecule has 0 bridgehead atoms. The average molecular weight is 427 g/mol. The van der Waals surface area contributed by atoms with Crippen LogP contribution in [0.3, 0.4) is 0 Å². The number of furan rings is 1. The molecule has 0 saturated carbocycles. The number of aromatic nitrogens is 4. The Bertz CT molecular complexity index is 1490. The summed E-state index contributed by atoms with van der Waals surface area (Å²) >= 11 is 0. The Morgan fingerprint density at radius 3 is 2.91 bits per heavy atom. The summed E-state index contributed by atoms with van der Waals surface area (Å²) in [4.78, 5) is 18.4. The Labute approximate surface area is 181 Å². The Kier molecular flexibility index (Phi) is 4.79. The summed E-state index contributed by atoms with van der Waals surface area (Å²) in [6.07, 6.45) is 2.37. The van der Waals surface area contributed by atoms with Crippen molar-refractivity contribution in [1.29, 1.82) is 0 Å². The lowest BCUT2D eigenvalue weighted by atomic mass is 10.1. The first-order valence-corrected chi connectivity index (χ1v) is 9.90. The highest BCUT2D eigenvalue weighted by atomic mass is 16.6. The molecule has 0 radical (unpaired) electrons. The zero-order chi connectivity index (χ0) is 22.1. The van der Waals surface area contributed by atoms with E-state index in [2.05, 4.69) is 49.7 Å². The van der Waals surface area contributed by atoms with Crippen LogP contribution in [-0.2, 0) is 6.42 Å². The van der Waals surface area contributed by atoms with Gasteiger partial charge in [-0.05, 0) is 42.3 Å². The van der Waals surface area contributed by atoms with E-state index in [9.17, 15) is 10.1 Å². The minimum atomic E-state index is -0.444. The SMILES string of the molecule is CCc1ccc2[nH]c3nc(NN=Cc4ccc(-c5ccccc5[N+](=O)[O-])o4)nnc3c2c1. The topological polar surface area (TPSA) is 135 Å². The summed E-state index contributed by atoms with van der Waals surface area (Å²) < 4.78 is 5.67. The Morgan fingerprint density at radius 1 is 1.19 bits per heavy atom. The van der Waals surface area contributed by atoms with Crippen LogP contribution < -0.4 is 5.43 Å². The van der Waals surface area contributed by atoms with Crippen LogP contribution in [0.4, 0.5) is 11.6 Å². The number of fused-ring (bicyclic) bond motifs is 3.